The number of benzene rings is 2. The molecule has 0 spiro atoms. The number of aromatic nitrogens is 2. The van der Waals surface area contributed by atoms with Gasteiger partial charge in [-0.25, -0.2) is 9.31 Å². The first-order chi connectivity index (χ1) is 15.5. The van der Waals surface area contributed by atoms with Crippen LogP contribution in [-0.4, -0.2) is 27.9 Å². The Labute approximate surface area is 183 Å². The first kappa shape index (κ1) is 20.6. The molecule has 32 heavy (non-hydrogen) atoms. The molecule has 2 heterocycles. The van der Waals surface area contributed by atoms with Gasteiger partial charge < -0.3 is 19.9 Å². The normalized spacial score (nSPS) is 10.4. The average Bonchev–Trinajstić information content (AvgIpc) is 3.10. The zero-order chi connectivity index (χ0) is 22.7. The topological polar surface area (TPSA) is 121 Å². The largest absolute Gasteiger partial charge is 0.497 e. The van der Waals surface area contributed by atoms with E-state index in [4.69, 9.17) is 14.6 Å². The van der Waals surface area contributed by atoms with E-state index in [0.29, 0.717) is 45.3 Å². The molecule has 0 saturated heterocycles. The summed E-state index contributed by atoms with van der Waals surface area (Å²) in [6.07, 6.45) is 1.82. The van der Waals surface area contributed by atoms with Crippen LogP contribution in [0.5, 0.6) is 17.2 Å². The molecule has 0 bridgehead atoms. The van der Waals surface area contributed by atoms with Crippen LogP contribution in [0.25, 0.3) is 5.52 Å². The van der Waals surface area contributed by atoms with E-state index < -0.39 is 6.09 Å². The van der Waals surface area contributed by atoms with Gasteiger partial charge in [0.1, 0.15) is 23.3 Å². The molecule has 0 aliphatic rings. The maximum atomic E-state index is 11.1. The number of methoxy groups -OCH3 is 1. The van der Waals surface area contributed by atoms with Crippen molar-refractivity contribution in [2.75, 3.05) is 17.7 Å². The SMILES string of the molecule is COc1cccc(Oc2ccc(Nc3c(C#N)cnn4cc(NC(=O)O)c(C)c34)cc2)c1. The fourth-order valence-corrected chi connectivity index (χ4v) is 3.29. The summed E-state index contributed by atoms with van der Waals surface area (Å²) in [4.78, 5) is 11.1. The van der Waals surface area contributed by atoms with Gasteiger partial charge in [0, 0.05) is 17.3 Å². The summed E-state index contributed by atoms with van der Waals surface area (Å²) >= 11 is 0. The zero-order valence-electron chi connectivity index (χ0n) is 17.3. The summed E-state index contributed by atoms with van der Waals surface area (Å²) in [6, 6.07) is 16.7. The molecular formula is C23H19N5O4. The van der Waals surface area contributed by atoms with Gasteiger partial charge in [-0.1, -0.05) is 6.07 Å². The third-order valence-corrected chi connectivity index (χ3v) is 4.82. The van der Waals surface area contributed by atoms with E-state index in [2.05, 4.69) is 21.8 Å². The van der Waals surface area contributed by atoms with Crippen LogP contribution in [0, 0.1) is 18.3 Å². The molecule has 4 aromatic rings. The minimum Gasteiger partial charge on any atom is -0.497 e. The van der Waals surface area contributed by atoms with Crippen LogP contribution in [-0.2, 0) is 0 Å². The van der Waals surface area contributed by atoms with E-state index in [9.17, 15) is 10.1 Å². The molecule has 3 N–H and O–H groups in total. The number of hydrogen-bond acceptors (Lipinski definition) is 6. The molecule has 9 heteroatoms. The van der Waals surface area contributed by atoms with Crippen LogP contribution in [0.1, 0.15) is 11.1 Å². The lowest BCUT2D eigenvalue weighted by Gasteiger charge is -2.12. The number of aryl methyl sites for hydroxylation is 1. The van der Waals surface area contributed by atoms with Gasteiger partial charge in [0.25, 0.3) is 0 Å². The highest BCUT2D eigenvalue weighted by Crippen LogP contribution is 2.33. The van der Waals surface area contributed by atoms with Crippen molar-refractivity contribution in [3.05, 3.63) is 72.1 Å². The van der Waals surface area contributed by atoms with Crippen molar-refractivity contribution in [1.29, 1.82) is 5.26 Å². The number of rotatable bonds is 6. The molecule has 0 unspecified atom stereocenters. The van der Waals surface area contributed by atoms with Crippen molar-refractivity contribution in [3.63, 3.8) is 0 Å². The Bertz CT molecular complexity index is 1340. The van der Waals surface area contributed by atoms with E-state index >= 15 is 0 Å². The van der Waals surface area contributed by atoms with Crippen molar-refractivity contribution in [3.8, 4) is 23.3 Å². The number of nitrogens with one attached hydrogen (secondary N) is 2. The molecule has 0 atom stereocenters. The third kappa shape index (κ3) is 4.11. The highest BCUT2D eigenvalue weighted by Gasteiger charge is 2.17. The lowest BCUT2D eigenvalue weighted by atomic mass is 10.1. The third-order valence-electron chi connectivity index (χ3n) is 4.82. The Morgan fingerprint density at radius 3 is 2.59 bits per heavy atom. The average molecular weight is 429 g/mol. The van der Waals surface area contributed by atoms with E-state index in [-0.39, 0.29) is 0 Å². The van der Waals surface area contributed by atoms with E-state index in [1.54, 1.807) is 38.4 Å². The minimum absolute atomic E-state index is 0.331. The highest BCUT2D eigenvalue weighted by atomic mass is 16.5. The Kier molecular flexibility index (Phi) is 5.51. The summed E-state index contributed by atoms with van der Waals surface area (Å²) < 4.78 is 12.6. The second kappa shape index (κ2) is 8.57. The molecule has 0 fully saturated rings. The number of hydrogen-bond donors (Lipinski definition) is 3. The van der Waals surface area contributed by atoms with Gasteiger partial charge in [-0.15, -0.1) is 0 Å². The molecule has 0 aliphatic heterocycles. The van der Waals surface area contributed by atoms with E-state index in [0.717, 1.165) is 5.69 Å². The van der Waals surface area contributed by atoms with Gasteiger partial charge in [-0.3, -0.25) is 5.32 Å². The number of amides is 1. The summed E-state index contributed by atoms with van der Waals surface area (Å²) in [7, 11) is 1.60. The van der Waals surface area contributed by atoms with Crippen molar-refractivity contribution in [1.82, 2.24) is 9.61 Å². The number of anilines is 3. The summed E-state index contributed by atoms with van der Waals surface area (Å²) in [5.74, 6) is 1.98. The van der Waals surface area contributed by atoms with Gasteiger partial charge in [0.2, 0.25) is 0 Å². The number of carboxylic acid groups (broad SMARTS) is 1. The maximum absolute atomic E-state index is 11.1. The highest BCUT2D eigenvalue weighted by molar-refractivity contribution is 5.92. The summed E-state index contributed by atoms with van der Waals surface area (Å²) in [5, 5.41) is 28.4. The van der Waals surface area contributed by atoms with Crippen LogP contribution in [0.4, 0.5) is 21.9 Å². The molecule has 0 aliphatic carbocycles. The smallest absolute Gasteiger partial charge is 0.409 e. The molecule has 2 aromatic heterocycles. The van der Waals surface area contributed by atoms with Crippen LogP contribution < -0.4 is 20.1 Å². The van der Waals surface area contributed by atoms with Gasteiger partial charge in [-0.2, -0.15) is 10.4 Å². The van der Waals surface area contributed by atoms with Crippen LogP contribution >= 0.6 is 0 Å². The summed E-state index contributed by atoms with van der Waals surface area (Å²) in [6.45, 7) is 1.76. The lowest BCUT2D eigenvalue weighted by Crippen LogP contribution is -2.07. The number of fused-ring (bicyclic) bond motifs is 1. The molecule has 160 valence electrons. The molecule has 2 aromatic carbocycles. The molecule has 1 amide bonds. The molecule has 4 rings (SSSR count). The van der Waals surface area contributed by atoms with Gasteiger partial charge >= 0.3 is 6.09 Å². The first-order valence-corrected chi connectivity index (χ1v) is 9.58. The monoisotopic (exact) mass is 429 g/mol. The second-order valence-corrected chi connectivity index (χ2v) is 6.87. The maximum Gasteiger partial charge on any atom is 0.409 e. The number of nitrogens with zero attached hydrogens (tertiary/aromatic N) is 3. The molecule has 9 nitrogen and oxygen atoms in total. The van der Waals surface area contributed by atoms with Gasteiger partial charge in [0.05, 0.1) is 42.0 Å². The van der Waals surface area contributed by atoms with Gasteiger partial charge in [0.15, 0.2) is 0 Å². The molecule has 0 radical (unpaired) electrons. The van der Waals surface area contributed by atoms with Crippen LogP contribution in [0.15, 0.2) is 60.9 Å². The first-order valence-electron chi connectivity index (χ1n) is 9.58. The number of carbonyl (C=O) groups is 1. The van der Waals surface area contributed by atoms with Crippen molar-refractivity contribution in [2.45, 2.75) is 6.92 Å². The minimum atomic E-state index is -1.18. The Morgan fingerprint density at radius 1 is 1.16 bits per heavy atom. The zero-order valence-corrected chi connectivity index (χ0v) is 17.3. The van der Waals surface area contributed by atoms with Gasteiger partial charge in [-0.05, 0) is 43.3 Å². The van der Waals surface area contributed by atoms with Crippen molar-refractivity contribution < 1.29 is 19.4 Å². The van der Waals surface area contributed by atoms with Crippen molar-refractivity contribution >= 4 is 28.7 Å². The fraction of sp³-hybridized carbons (Fsp3) is 0.0870. The quantitative estimate of drug-likeness (QED) is 0.388. The van der Waals surface area contributed by atoms with Crippen LogP contribution in [0.3, 0.4) is 0 Å². The van der Waals surface area contributed by atoms with E-state index in [1.807, 2.05) is 30.3 Å². The predicted octanol–water partition coefficient (Wildman–Crippen LogP) is 5.15. The fourth-order valence-electron chi connectivity index (χ4n) is 3.29. The second-order valence-electron chi connectivity index (χ2n) is 6.87. The number of nitriles is 1. The number of ether oxygens (including phenoxy) is 2. The van der Waals surface area contributed by atoms with Crippen LogP contribution in [0.2, 0.25) is 0 Å². The molecule has 0 saturated carbocycles. The Balaban J connectivity index is 1.63. The lowest BCUT2D eigenvalue weighted by molar-refractivity contribution is 0.209. The van der Waals surface area contributed by atoms with Crippen molar-refractivity contribution in [2.24, 2.45) is 0 Å². The predicted molar refractivity (Wildman–Crippen MR) is 119 cm³/mol. The van der Waals surface area contributed by atoms with E-state index in [1.165, 1.54) is 10.7 Å². The Hall–Kier alpha value is -4.71. The Morgan fingerprint density at radius 2 is 1.91 bits per heavy atom. The standard InChI is InChI=1S/C23H19N5O4/c1-14-20(27-23(29)30)13-28-22(14)21(15(11-24)12-25-28)26-16-6-8-17(9-7-16)32-19-5-3-4-18(10-19)31-2/h3-10,12-13,26-27H,1-2H3,(H,29,30). The molecular weight excluding hydrogens is 410 g/mol. The summed E-state index contributed by atoms with van der Waals surface area (Å²) in [5.41, 5.74) is 3.23.